The summed E-state index contributed by atoms with van der Waals surface area (Å²) in [7, 11) is 0. The maximum absolute atomic E-state index is 11.4. The third kappa shape index (κ3) is 9.64. The molecule has 320 valence electrons. The van der Waals surface area contributed by atoms with Gasteiger partial charge in [-0.2, -0.15) is 0 Å². The molecule has 0 unspecified atom stereocenters. The van der Waals surface area contributed by atoms with Crippen LogP contribution in [-0.4, -0.2) is 82.8 Å². The molecule has 17 heteroatoms. The molecule has 4 aromatic carbocycles. The number of hydrogen-bond acceptors (Lipinski definition) is 14. The third-order valence-corrected chi connectivity index (χ3v) is 12.4. The van der Waals surface area contributed by atoms with Crippen LogP contribution in [0.1, 0.15) is 77.0 Å². The average molecular weight is 851 g/mol. The molecule has 0 radical (unpaired) electrons. The summed E-state index contributed by atoms with van der Waals surface area (Å²) >= 11 is 5.69. The minimum Gasteiger partial charge on any atom is -0.371 e. The molecule has 4 fully saturated rings. The van der Waals surface area contributed by atoms with Crippen LogP contribution in [0.4, 0.5) is 34.1 Å². The van der Waals surface area contributed by atoms with E-state index in [0.717, 1.165) is 43.0 Å². The summed E-state index contributed by atoms with van der Waals surface area (Å²) in [6, 6.07) is 21.7. The number of rotatable bonds is 7. The fraction of sp³-hybridized carbons (Fsp3) is 0.455. The summed E-state index contributed by atoms with van der Waals surface area (Å²) in [6.45, 7) is 9.18. The van der Waals surface area contributed by atoms with Crippen molar-refractivity contribution in [2.24, 2.45) is 0 Å². The van der Waals surface area contributed by atoms with Gasteiger partial charge in [0.15, 0.2) is 5.52 Å². The van der Waals surface area contributed by atoms with Crippen LogP contribution >= 0.6 is 11.6 Å². The van der Waals surface area contributed by atoms with E-state index in [4.69, 9.17) is 16.2 Å². The van der Waals surface area contributed by atoms with Gasteiger partial charge in [-0.25, -0.2) is 9.26 Å². The Morgan fingerprint density at radius 2 is 0.869 bits per heavy atom. The first-order valence-corrected chi connectivity index (χ1v) is 21.9. The molecule has 0 bridgehead atoms. The minimum atomic E-state index is -0.567. The van der Waals surface area contributed by atoms with Crippen molar-refractivity contribution in [1.29, 1.82) is 0 Å². The van der Waals surface area contributed by atoms with Gasteiger partial charge in [-0.3, -0.25) is 20.2 Å². The van der Waals surface area contributed by atoms with Gasteiger partial charge in [0.2, 0.25) is 11.0 Å². The van der Waals surface area contributed by atoms with E-state index in [1.54, 1.807) is 6.07 Å². The van der Waals surface area contributed by atoms with Crippen molar-refractivity contribution >= 4 is 67.8 Å². The molecule has 0 atom stereocenters. The Morgan fingerprint density at radius 3 is 1.38 bits per heavy atom. The molecule has 0 amide bonds. The molecule has 61 heavy (non-hydrogen) atoms. The highest BCUT2D eigenvalue weighted by Crippen LogP contribution is 2.41. The number of nitro groups is 2. The highest BCUT2D eigenvalue weighted by Gasteiger charge is 2.25. The molecule has 4 aliphatic heterocycles. The molecule has 6 heterocycles. The number of aromatic nitrogens is 4. The summed E-state index contributed by atoms with van der Waals surface area (Å²) in [6.07, 6.45) is 15.6. The number of anilines is 4. The number of hydrogen-bond donors (Lipinski definition) is 0. The first kappa shape index (κ1) is 41.7. The molecule has 4 aliphatic rings. The monoisotopic (exact) mass is 850 g/mol. The maximum Gasteiger partial charge on any atom is 0.300 e. The van der Waals surface area contributed by atoms with E-state index in [0.29, 0.717) is 5.52 Å². The number of benzene rings is 4. The summed E-state index contributed by atoms with van der Waals surface area (Å²) in [4.78, 5) is 30.8. The standard InChI is InChI=1S/C22H25N5O3.C16H24N2.C6H2ClN3O3/c28-27(29)19-10-9-18(21-22(19)24-30-23-21)17-8-7-16(25-11-3-1-4-12-25)15-20(17)26-13-5-2-6-14-26;1-3-10-17(11-4-1)15-8-7-9-16(14-15)18-12-5-2-6-13-18;7-3-1-2-4(10(11)12)6-5(3)8-13-9-6/h7-10,15H,1-6,11-14H2;7-9,14H,1-6,10-13H2;1-2H. The fourth-order valence-electron chi connectivity index (χ4n) is 8.87. The molecule has 16 nitrogen and oxygen atoms in total. The Kier molecular flexibility index (Phi) is 13.4. The minimum absolute atomic E-state index is 0.0671. The van der Waals surface area contributed by atoms with Gasteiger partial charge in [0.25, 0.3) is 0 Å². The second kappa shape index (κ2) is 19.6. The molecule has 0 spiro atoms. The lowest BCUT2D eigenvalue weighted by Gasteiger charge is -2.34. The Hall–Kier alpha value is -6.03. The Morgan fingerprint density at radius 1 is 0.459 bits per heavy atom. The Labute approximate surface area is 358 Å². The highest BCUT2D eigenvalue weighted by molar-refractivity contribution is 6.35. The molecule has 0 saturated carbocycles. The van der Waals surface area contributed by atoms with Crippen LogP contribution in [0, 0.1) is 20.2 Å². The van der Waals surface area contributed by atoms with Gasteiger partial charge in [0.05, 0.1) is 14.9 Å². The van der Waals surface area contributed by atoms with Crippen molar-refractivity contribution < 1.29 is 19.1 Å². The van der Waals surface area contributed by atoms with Gasteiger partial charge in [0, 0.05) is 98.4 Å². The van der Waals surface area contributed by atoms with Gasteiger partial charge < -0.3 is 19.6 Å². The number of piperidine rings is 4. The topological polar surface area (TPSA) is 177 Å². The first-order chi connectivity index (χ1) is 29.9. The third-order valence-electron chi connectivity index (χ3n) is 12.1. The zero-order valence-corrected chi connectivity index (χ0v) is 35.0. The normalized spacial score (nSPS) is 17.1. The van der Waals surface area contributed by atoms with Crippen LogP contribution in [0.15, 0.2) is 76.0 Å². The van der Waals surface area contributed by atoms with Crippen LogP contribution in [0.3, 0.4) is 0 Å². The number of nitrogens with zero attached hydrogens (tertiary/aromatic N) is 10. The van der Waals surface area contributed by atoms with E-state index in [1.165, 1.54) is 138 Å². The molecular weight excluding hydrogens is 800 g/mol. The average Bonchev–Trinajstić information content (AvgIpc) is 4.02. The van der Waals surface area contributed by atoms with Crippen molar-refractivity contribution in [3.8, 4) is 11.1 Å². The van der Waals surface area contributed by atoms with Crippen molar-refractivity contribution in [1.82, 2.24) is 20.6 Å². The lowest BCUT2D eigenvalue weighted by Crippen LogP contribution is -2.31. The van der Waals surface area contributed by atoms with Crippen LogP contribution in [-0.2, 0) is 0 Å². The zero-order valence-electron chi connectivity index (χ0n) is 34.3. The molecular formula is C44H51ClN10O6. The van der Waals surface area contributed by atoms with E-state index in [9.17, 15) is 20.2 Å². The van der Waals surface area contributed by atoms with E-state index in [-0.39, 0.29) is 32.9 Å². The molecule has 4 saturated heterocycles. The predicted molar refractivity (Wildman–Crippen MR) is 238 cm³/mol. The lowest BCUT2D eigenvalue weighted by atomic mass is 9.98. The van der Waals surface area contributed by atoms with E-state index < -0.39 is 9.85 Å². The van der Waals surface area contributed by atoms with E-state index in [1.807, 2.05) is 0 Å². The largest absolute Gasteiger partial charge is 0.371 e. The SMILES string of the molecule is O=[N+]([O-])c1ccc(-c2ccc(N3CCCCC3)cc2N2CCCCC2)c2nonc12.O=[N+]([O-])c1ccc(Cl)c2nonc12.c1cc(N2CCCCC2)cc(N2CCCCC2)c1. The van der Waals surface area contributed by atoms with E-state index in [2.05, 4.69) is 87.3 Å². The van der Waals surface area contributed by atoms with Crippen molar-refractivity contribution in [2.75, 3.05) is 72.0 Å². The van der Waals surface area contributed by atoms with E-state index >= 15 is 0 Å². The van der Waals surface area contributed by atoms with Gasteiger partial charge >= 0.3 is 11.4 Å². The van der Waals surface area contributed by atoms with Gasteiger partial charge in [0.1, 0.15) is 5.52 Å². The molecule has 10 rings (SSSR count). The predicted octanol–water partition coefficient (Wildman–Crippen LogP) is 10.2. The number of non-ortho nitro benzene ring substituents is 2. The quantitative estimate of drug-likeness (QED) is 0.109. The summed E-state index contributed by atoms with van der Waals surface area (Å²) in [5.41, 5.74) is 7.77. The number of halogens is 1. The molecule has 6 aromatic rings. The smallest absolute Gasteiger partial charge is 0.300 e. The molecule has 2 aromatic heterocycles. The summed E-state index contributed by atoms with van der Waals surface area (Å²) in [5, 5.41) is 36.8. The molecule has 0 N–H and O–H groups in total. The first-order valence-electron chi connectivity index (χ1n) is 21.5. The number of nitro benzene ring substituents is 2. The second-order valence-corrected chi connectivity index (χ2v) is 16.5. The van der Waals surface area contributed by atoms with Crippen LogP contribution < -0.4 is 19.6 Å². The highest BCUT2D eigenvalue weighted by atomic mass is 35.5. The van der Waals surface area contributed by atoms with Crippen LogP contribution in [0.2, 0.25) is 5.02 Å². The van der Waals surface area contributed by atoms with Crippen LogP contribution in [0.5, 0.6) is 0 Å². The Bertz CT molecular complexity index is 2400. The van der Waals surface area contributed by atoms with Crippen molar-refractivity contribution in [3.63, 3.8) is 0 Å². The van der Waals surface area contributed by atoms with Gasteiger partial charge in [-0.15, -0.1) is 0 Å². The van der Waals surface area contributed by atoms with Gasteiger partial charge in [-0.05, 0) is 140 Å². The van der Waals surface area contributed by atoms with Crippen molar-refractivity contribution in [2.45, 2.75) is 77.0 Å². The second-order valence-electron chi connectivity index (χ2n) is 16.0. The maximum atomic E-state index is 11.4. The van der Waals surface area contributed by atoms with Gasteiger partial charge in [-0.1, -0.05) is 23.7 Å². The summed E-state index contributed by atoms with van der Waals surface area (Å²) in [5.74, 6) is 0. The lowest BCUT2D eigenvalue weighted by molar-refractivity contribution is -0.383. The number of fused-ring (bicyclic) bond motifs is 2. The van der Waals surface area contributed by atoms with Crippen molar-refractivity contribution in [3.05, 3.63) is 92.0 Å². The molecule has 0 aliphatic carbocycles. The zero-order chi connectivity index (χ0) is 42.1. The fourth-order valence-corrected chi connectivity index (χ4v) is 9.06. The Balaban J connectivity index is 0.000000140. The van der Waals surface area contributed by atoms with Crippen LogP contribution in [0.25, 0.3) is 33.2 Å². The summed E-state index contributed by atoms with van der Waals surface area (Å²) < 4.78 is 9.24.